The second-order valence-electron chi connectivity index (χ2n) is 5.74. The highest BCUT2D eigenvalue weighted by Crippen LogP contribution is 2.28. The molecule has 1 aromatic carbocycles. The van der Waals surface area contributed by atoms with E-state index in [2.05, 4.69) is 50.3 Å². The summed E-state index contributed by atoms with van der Waals surface area (Å²) < 4.78 is 0. The SMILES string of the molecule is CC(C)[C@@H](CCNCCN(C)C)c1ccc(Cl)cc1. The molecule has 0 spiro atoms. The Labute approximate surface area is 123 Å². The molecule has 0 saturated heterocycles. The minimum absolute atomic E-state index is 0.601. The average molecular weight is 283 g/mol. The number of nitrogens with one attached hydrogen (secondary N) is 1. The summed E-state index contributed by atoms with van der Waals surface area (Å²) in [5.74, 6) is 1.25. The molecular formula is C16H27ClN2. The minimum atomic E-state index is 0.601. The van der Waals surface area contributed by atoms with Crippen molar-refractivity contribution in [2.45, 2.75) is 26.2 Å². The lowest BCUT2D eigenvalue weighted by atomic mass is 9.86. The highest BCUT2D eigenvalue weighted by molar-refractivity contribution is 6.30. The Hall–Kier alpha value is -0.570. The Morgan fingerprint density at radius 2 is 1.74 bits per heavy atom. The molecular weight excluding hydrogens is 256 g/mol. The molecule has 1 atom stereocenters. The molecule has 0 saturated carbocycles. The highest BCUT2D eigenvalue weighted by Gasteiger charge is 2.15. The zero-order valence-corrected chi connectivity index (χ0v) is 13.4. The van der Waals surface area contributed by atoms with Gasteiger partial charge in [-0.3, -0.25) is 0 Å². The maximum absolute atomic E-state index is 5.95. The van der Waals surface area contributed by atoms with Gasteiger partial charge in [-0.25, -0.2) is 0 Å². The first-order valence-corrected chi connectivity index (χ1v) is 7.49. The average Bonchev–Trinajstić information content (AvgIpc) is 2.34. The van der Waals surface area contributed by atoms with Crippen molar-refractivity contribution >= 4 is 11.6 Å². The van der Waals surface area contributed by atoms with Gasteiger partial charge in [-0.05, 0) is 56.6 Å². The first kappa shape index (κ1) is 16.5. The molecule has 1 N–H and O–H groups in total. The molecule has 0 heterocycles. The topological polar surface area (TPSA) is 15.3 Å². The van der Waals surface area contributed by atoms with Crippen LogP contribution in [-0.4, -0.2) is 38.6 Å². The van der Waals surface area contributed by atoms with Crippen LogP contribution in [0.15, 0.2) is 24.3 Å². The smallest absolute Gasteiger partial charge is 0.0406 e. The van der Waals surface area contributed by atoms with Gasteiger partial charge in [-0.1, -0.05) is 37.6 Å². The van der Waals surface area contributed by atoms with Crippen molar-refractivity contribution in [1.29, 1.82) is 0 Å². The van der Waals surface area contributed by atoms with Crippen LogP contribution in [0.1, 0.15) is 31.7 Å². The molecule has 2 nitrogen and oxygen atoms in total. The molecule has 0 bridgehead atoms. The fraction of sp³-hybridized carbons (Fsp3) is 0.625. The molecule has 19 heavy (non-hydrogen) atoms. The lowest BCUT2D eigenvalue weighted by molar-refractivity contribution is 0.390. The van der Waals surface area contributed by atoms with Gasteiger partial charge in [0.2, 0.25) is 0 Å². The van der Waals surface area contributed by atoms with Gasteiger partial charge in [0.15, 0.2) is 0 Å². The second-order valence-corrected chi connectivity index (χ2v) is 6.18. The summed E-state index contributed by atoms with van der Waals surface area (Å²) in [6, 6.07) is 8.30. The largest absolute Gasteiger partial charge is 0.315 e. The zero-order chi connectivity index (χ0) is 14.3. The van der Waals surface area contributed by atoms with Crippen LogP contribution in [0, 0.1) is 5.92 Å². The summed E-state index contributed by atoms with van der Waals surface area (Å²) in [4.78, 5) is 2.20. The summed E-state index contributed by atoms with van der Waals surface area (Å²) >= 11 is 5.95. The van der Waals surface area contributed by atoms with Gasteiger partial charge in [0.1, 0.15) is 0 Å². The zero-order valence-electron chi connectivity index (χ0n) is 12.6. The van der Waals surface area contributed by atoms with E-state index in [9.17, 15) is 0 Å². The number of halogens is 1. The quantitative estimate of drug-likeness (QED) is 0.733. The van der Waals surface area contributed by atoms with Crippen LogP contribution in [0.25, 0.3) is 0 Å². The van der Waals surface area contributed by atoms with Gasteiger partial charge in [0.25, 0.3) is 0 Å². The van der Waals surface area contributed by atoms with Crippen molar-refractivity contribution in [1.82, 2.24) is 10.2 Å². The Balaban J connectivity index is 2.43. The molecule has 1 aromatic rings. The number of hydrogen-bond donors (Lipinski definition) is 1. The van der Waals surface area contributed by atoms with Crippen LogP contribution in [-0.2, 0) is 0 Å². The van der Waals surface area contributed by atoms with Gasteiger partial charge in [-0.2, -0.15) is 0 Å². The van der Waals surface area contributed by atoms with Crippen LogP contribution < -0.4 is 5.32 Å². The molecule has 0 aliphatic carbocycles. The molecule has 108 valence electrons. The van der Waals surface area contributed by atoms with Crippen LogP contribution in [0.5, 0.6) is 0 Å². The Morgan fingerprint density at radius 1 is 1.11 bits per heavy atom. The Kier molecular flexibility index (Phi) is 7.44. The molecule has 1 rings (SSSR count). The maximum atomic E-state index is 5.95. The lowest BCUT2D eigenvalue weighted by Crippen LogP contribution is -2.28. The molecule has 0 aromatic heterocycles. The predicted octanol–water partition coefficient (Wildman–Crippen LogP) is 3.62. The standard InChI is InChI=1S/C16H27ClN2/c1-13(2)16(9-10-18-11-12-19(3)4)14-5-7-15(17)8-6-14/h5-8,13,16,18H,9-12H2,1-4H3/t16-/m1/s1. The van der Waals surface area contributed by atoms with E-state index < -0.39 is 0 Å². The van der Waals surface area contributed by atoms with Crippen LogP contribution >= 0.6 is 11.6 Å². The van der Waals surface area contributed by atoms with Gasteiger partial charge in [0.05, 0.1) is 0 Å². The van der Waals surface area contributed by atoms with E-state index in [1.807, 2.05) is 12.1 Å². The Morgan fingerprint density at radius 3 is 2.26 bits per heavy atom. The van der Waals surface area contributed by atoms with Gasteiger partial charge < -0.3 is 10.2 Å². The third kappa shape index (κ3) is 6.42. The fourth-order valence-corrected chi connectivity index (χ4v) is 2.41. The highest BCUT2D eigenvalue weighted by atomic mass is 35.5. The van der Waals surface area contributed by atoms with Crippen molar-refractivity contribution in [3.8, 4) is 0 Å². The monoisotopic (exact) mass is 282 g/mol. The summed E-state index contributed by atoms with van der Waals surface area (Å²) in [7, 11) is 4.21. The molecule has 0 aliphatic heterocycles. The van der Waals surface area contributed by atoms with Gasteiger partial charge in [-0.15, -0.1) is 0 Å². The molecule has 0 unspecified atom stereocenters. The number of hydrogen-bond acceptors (Lipinski definition) is 2. The number of rotatable bonds is 8. The van der Waals surface area contributed by atoms with Crippen LogP contribution in [0.4, 0.5) is 0 Å². The summed E-state index contributed by atoms with van der Waals surface area (Å²) in [6.45, 7) is 7.79. The van der Waals surface area contributed by atoms with E-state index in [4.69, 9.17) is 11.6 Å². The van der Waals surface area contributed by atoms with Gasteiger partial charge >= 0.3 is 0 Å². The molecule has 3 heteroatoms. The van der Waals surface area contributed by atoms with E-state index in [1.54, 1.807) is 0 Å². The third-order valence-corrected chi connectivity index (χ3v) is 3.72. The van der Waals surface area contributed by atoms with E-state index in [0.29, 0.717) is 11.8 Å². The van der Waals surface area contributed by atoms with E-state index >= 15 is 0 Å². The van der Waals surface area contributed by atoms with E-state index in [1.165, 1.54) is 12.0 Å². The number of nitrogens with zero attached hydrogens (tertiary/aromatic N) is 1. The maximum Gasteiger partial charge on any atom is 0.0406 e. The van der Waals surface area contributed by atoms with Crippen molar-refractivity contribution < 1.29 is 0 Å². The lowest BCUT2D eigenvalue weighted by Gasteiger charge is -2.22. The molecule has 0 radical (unpaired) electrons. The first-order chi connectivity index (χ1) is 9.00. The third-order valence-electron chi connectivity index (χ3n) is 3.47. The number of likely N-dealkylation sites (N-methyl/N-ethyl adjacent to an activating group) is 1. The van der Waals surface area contributed by atoms with E-state index in [0.717, 1.165) is 24.7 Å². The van der Waals surface area contributed by atoms with Crippen molar-refractivity contribution in [2.24, 2.45) is 5.92 Å². The van der Waals surface area contributed by atoms with Gasteiger partial charge in [0, 0.05) is 18.1 Å². The van der Waals surface area contributed by atoms with E-state index in [-0.39, 0.29) is 0 Å². The summed E-state index contributed by atoms with van der Waals surface area (Å²) in [6.07, 6.45) is 1.17. The molecule has 0 amide bonds. The second kappa shape index (κ2) is 8.57. The fourth-order valence-electron chi connectivity index (χ4n) is 2.28. The number of benzene rings is 1. The van der Waals surface area contributed by atoms with Crippen LogP contribution in [0.2, 0.25) is 5.02 Å². The first-order valence-electron chi connectivity index (χ1n) is 7.11. The minimum Gasteiger partial charge on any atom is -0.315 e. The summed E-state index contributed by atoms with van der Waals surface area (Å²) in [5.41, 5.74) is 1.40. The molecule has 0 aliphatic rings. The molecule has 0 fully saturated rings. The van der Waals surface area contributed by atoms with Crippen molar-refractivity contribution in [3.63, 3.8) is 0 Å². The van der Waals surface area contributed by atoms with Crippen molar-refractivity contribution in [3.05, 3.63) is 34.9 Å². The van der Waals surface area contributed by atoms with Crippen LogP contribution in [0.3, 0.4) is 0 Å². The summed E-state index contributed by atoms with van der Waals surface area (Å²) in [5, 5.41) is 4.33. The van der Waals surface area contributed by atoms with Crippen molar-refractivity contribution in [2.75, 3.05) is 33.7 Å². The normalized spacial score (nSPS) is 13.2. The Bertz CT molecular complexity index is 346. The predicted molar refractivity (Wildman–Crippen MR) is 85.1 cm³/mol.